The Morgan fingerprint density at radius 3 is 2.60 bits per heavy atom. The summed E-state index contributed by atoms with van der Waals surface area (Å²) in [5, 5.41) is 3.40. The predicted molar refractivity (Wildman–Crippen MR) is 88.4 cm³/mol. The number of nitrogens with zero attached hydrogens (tertiary/aromatic N) is 3. The molecule has 1 saturated heterocycles. The molecule has 0 saturated carbocycles. The number of nitrogens with one attached hydrogen (secondary N) is 1. The minimum atomic E-state index is 0.640. The first-order valence-electron chi connectivity index (χ1n) is 8.39. The highest BCUT2D eigenvalue weighted by Gasteiger charge is 2.14. The number of unbranched alkanes of at least 4 members (excludes halogenated alkanes) is 1. The quantitative estimate of drug-likeness (QED) is 0.548. The smallest absolute Gasteiger partial charge is 0.193 e. The fourth-order valence-corrected chi connectivity index (χ4v) is 2.68. The van der Waals surface area contributed by atoms with Crippen molar-refractivity contribution in [3.05, 3.63) is 0 Å². The Balaban J connectivity index is 2.39. The van der Waals surface area contributed by atoms with Crippen molar-refractivity contribution < 1.29 is 0 Å². The Labute approximate surface area is 125 Å². The van der Waals surface area contributed by atoms with Crippen molar-refractivity contribution in [2.24, 2.45) is 10.9 Å². The second kappa shape index (κ2) is 10.0. The summed E-state index contributed by atoms with van der Waals surface area (Å²) in [4.78, 5) is 9.65. The van der Waals surface area contributed by atoms with E-state index in [1.165, 1.54) is 45.3 Å². The average molecular weight is 282 g/mol. The third-order valence-corrected chi connectivity index (χ3v) is 3.86. The van der Waals surface area contributed by atoms with Gasteiger partial charge in [0.1, 0.15) is 0 Å². The second-order valence-electron chi connectivity index (χ2n) is 6.08. The summed E-state index contributed by atoms with van der Waals surface area (Å²) >= 11 is 0. The molecule has 1 atom stereocenters. The summed E-state index contributed by atoms with van der Waals surface area (Å²) in [6, 6.07) is 0. The maximum absolute atomic E-state index is 4.81. The highest BCUT2D eigenvalue weighted by molar-refractivity contribution is 5.79. The van der Waals surface area contributed by atoms with Gasteiger partial charge in [0.2, 0.25) is 0 Å². The minimum Gasteiger partial charge on any atom is -0.357 e. The van der Waals surface area contributed by atoms with Gasteiger partial charge in [-0.1, -0.05) is 20.3 Å². The average Bonchev–Trinajstić information content (AvgIpc) is 2.93. The molecule has 1 N–H and O–H groups in total. The van der Waals surface area contributed by atoms with Crippen molar-refractivity contribution >= 4 is 5.96 Å². The van der Waals surface area contributed by atoms with Crippen LogP contribution in [0.5, 0.6) is 0 Å². The van der Waals surface area contributed by atoms with Gasteiger partial charge in [-0.15, -0.1) is 0 Å². The molecule has 20 heavy (non-hydrogen) atoms. The lowest BCUT2D eigenvalue weighted by Gasteiger charge is -2.23. The number of rotatable bonds is 8. The molecular formula is C16H34N4. The van der Waals surface area contributed by atoms with Crippen molar-refractivity contribution in [2.45, 2.75) is 46.5 Å². The van der Waals surface area contributed by atoms with E-state index in [9.17, 15) is 0 Å². The van der Waals surface area contributed by atoms with Crippen molar-refractivity contribution in [3.63, 3.8) is 0 Å². The summed E-state index contributed by atoms with van der Waals surface area (Å²) in [7, 11) is 2.14. The van der Waals surface area contributed by atoms with Crippen LogP contribution < -0.4 is 5.32 Å². The molecule has 0 aromatic rings. The molecule has 4 heteroatoms. The molecule has 1 unspecified atom stereocenters. The normalized spacial score (nSPS) is 18.3. The van der Waals surface area contributed by atoms with Crippen molar-refractivity contribution in [1.82, 2.24) is 15.1 Å². The maximum Gasteiger partial charge on any atom is 0.193 e. The molecule has 118 valence electrons. The van der Waals surface area contributed by atoms with Crippen molar-refractivity contribution in [3.8, 4) is 0 Å². The fraction of sp³-hybridized carbons (Fsp3) is 0.938. The monoisotopic (exact) mass is 282 g/mol. The summed E-state index contributed by atoms with van der Waals surface area (Å²) in [6.45, 7) is 13.4. The number of hydrogen-bond acceptors (Lipinski definition) is 2. The molecule has 0 aromatic heterocycles. The zero-order chi connectivity index (χ0) is 14.8. The van der Waals surface area contributed by atoms with Gasteiger partial charge < -0.3 is 15.1 Å². The predicted octanol–water partition coefficient (Wildman–Crippen LogP) is 2.42. The van der Waals surface area contributed by atoms with E-state index in [1.54, 1.807) is 0 Å². The molecule has 4 nitrogen and oxygen atoms in total. The van der Waals surface area contributed by atoms with Crippen molar-refractivity contribution in [1.29, 1.82) is 0 Å². The summed E-state index contributed by atoms with van der Waals surface area (Å²) in [6.07, 6.45) is 5.20. The Kier molecular flexibility index (Phi) is 8.67. The first-order valence-corrected chi connectivity index (χ1v) is 8.39. The zero-order valence-electron chi connectivity index (χ0n) is 14.0. The number of hydrogen-bond donors (Lipinski definition) is 1. The largest absolute Gasteiger partial charge is 0.357 e. The van der Waals surface area contributed by atoms with E-state index in [-0.39, 0.29) is 0 Å². The van der Waals surface area contributed by atoms with Crippen LogP contribution in [0.15, 0.2) is 4.99 Å². The lowest BCUT2D eigenvalue weighted by molar-refractivity contribution is 0.291. The molecule has 0 spiro atoms. The highest BCUT2D eigenvalue weighted by atomic mass is 15.3. The molecule has 1 fully saturated rings. The Hall–Kier alpha value is -0.770. The topological polar surface area (TPSA) is 30.9 Å². The zero-order valence-corrected chi connectivity index (χ0v) is 14.0. The van der Waals surface area contributed by atoms with Gasteiger partial charge in [0.05, 0.1) is 0 Å². The standard InChI is InChI=1S/C16H34N4/c1-5-7-10-19(4)16(17-6-2)18-13-15(3)14-20-11-8-9-12-20/h15H,5-14H2,1-4H3,(H,17,18). The van der Waals surface area contributed by atoms with Gasteiger partial charge in [0.15, 0.2) is 5.96 Å². The lowest BCUT2D eigenvalue weighted by atomic mass is 10.2. The van der Waals surface area contributed by atoms with Gasteiger partial charge in [-0.25, -0.2) is 0 Å². The van der Waals surface area contributed by atoms with Crippen LogP contribution in [0, 0.1) is 5.92 Å². The third kappa shape index (κ3) is 6.60. The number of likely N-dealkylation sites (tertiary alicyclic amines) is 1. The van der Waals surface area contributed by atoms with E-state index in [2.05, 4.69) is 42.9 Å². The van der Waals surface area contributed by atoms with Crippen LogP contribution in [-0.2, 0) is 0 Å². The first kappa shape index (κ1) is 17.3. The molecule has 0 aliphatic carbocycles. The number of guanidine groups is 1. The summed E-state index contributed by atoms with van der Waals surface area (Å²) < 4.78 is 0. The van der Waals surface area contributed by atoms with Crippen LogP contribution in [0.1, 0.15) is 46.5 Å². The molecule has 1 rings (SSSR count). The van der Waals surface area contributed by atoms with E-state index in [4.69, 9.17) is 4.99 Å². The first-order chi connectivity index (χ1) is 9.67. The summed E-state index contributed by atoms with van der Waals surface area (Å²) in [5.74, 6) is 1.70. The highest BCUT2D eigenvalue weighted by Crippen LogP contribution is 2.10. The van der Waals surface area contributed by atoms with Crippen LogP contribution >= 0.6 is 0 Å². The number of aliphatic imine (C=N–C) groups is 1. The molecule has 1 heterocycles. The Morgan fingerprint density at radius 2 is 2.00 bits per heavy atom. The van der Waals surface area contributed by atoms with Crippen LogP contribution in [0.4, 0.5) is 0 Å². The van der Waals surface area contributed by atoms with E-state index in [0.29, 0.717) is 5.92 Å². The van der Waals surface area contributed by atoms with Crippen LogP contribution in [0.25, 0.3) is 0 Å². The Bertz CT molecular complexity index is 272. The molecule has 0 bridgehead atoms. The molecule has 0 radical (unpaired) electrons. The Morgan fingerprint density at radius 1 is 1.30 bits per heavy atom. The fourth-order valence-electron chi connectivity index (χ4n) is 2.68. The van der Waals surface area contributed by atoms with E-state index < -0.39 is 0 Å². The van der Waals surface area contributed by atoms with Crippen LogP contribution in [-0.4, -0.2) is 62.1 Å². The van der Waals surface area contributed by atoms with Crippen LogP contribution in [0.2, 0.25) is 0 Å². The molecule has 0 aromatic carbocycles. The van der Waals surface area contributed by atoms with Gasteiger partial charge in [0.25, 0.3) is 0 Å². The van der Waals surface area contributed by atoms with E-state index in [1.807, 2.05) is 0 Å². The van der Waals surface area contributed by atoms with Gasteiger partial charge in [0, 0.05) is 33.2 Å². The van der Waals surface area contributed by atoms with Gasteiger partial charge in [-0.2, -0.15) is 0 Å². The molecular weight excluding hydrogens is 248 g/mol. The lowest BCUT2D eigenvalue weighted by Crippen LogP contribution is -2.40. The summed E-state index contributed by atoms with van der Waals surface area (Å²) in [5.41, 5.74) is 0. The van der Waals surface area contributed by atoms with Gasteiger partial charge in [-0.05, 0) is 45.2 Å². The van der Waals surface area contributed by atoms with E-state index >= 15 is 0 Å². The van der Waals surface area contributed by atoms with Crippen molar-refractivity contribution in [2.75, 3.05) is 46.3 Å². The maximum atomic E-state index is 4.81. The van der Waals surface area contributed by atoms with E-state index in [0.717, 1.165) is 25.6 Å². The minimum absolute atomic E-state index is 0.640. The third-order valence-electron chi connectivity index (χ3n) is 3.86. The SMILES string of the molecule is CCCCN(C)C(=NCC(C)CN1CCCC1)NCC. The molecule has 0 amide bonds. The van der Waals surface area contributed by atoms with Gasteiger partial charge in [-0.3, -0.25) is 4.99 Å². The second-order valence-corrected chi connectivity index (χ2v) is 6.08. The van der Waals surface area contributed by atoms with Crippen LogP contribution in [0.3, 0.4) is 0 Å². The molecule has 1 aliphatic rings. The molecule has 1 aliphatic heterocycles. The van der Waals surface area contributed by atoms with Gasteiger partial charge >= 0.3 is 0 Å².